The maximum absolute atomic E-state index is 11.9. The maximum Gasteiger partial charge on any atom is 0.290 e. The summed E-state index contributed by atoms with van der Waals surface area (Å²) in [7, 11) is 0. The number of anilines is 1. The second-order valence-corrected chi connectivity index (χ2v) is 4.92. The van der Waals surface area contributed by atoms with Crippen molar-refractivity contribution in [2.45, 2.75) is 19.2 Å². The van der Waals surface area contributed by atoms with E-state index in [1.54, 1.807) is 6.92 Å². The number of carbonyl (C=O) groups is 2. The highest BCUT2D eigenvalue weighted by Gasteiger charge is 2.38. The van der Waals surface area contributed by atoms with Crippen LogP contribution in [0.25, 0.3) is 0 Å². The fraction of sp³-hybridized carbons (Fsp3) is 0.333. The van der Waals surface area contributed by atoms with E-state index in [0.717, 1.165) is 23.0 Å². The van der Waals surface area contributed by atoms with Gasteiger partial charge in [-0.3, -0.25) is 14.5 Å². The second-order valence-electron chi connectivity index (χ2n) is 3.86. The average Bonchev–Trinajstić information content (AvgIpc) is 2.54. The van der Waals surface area contributed by atoms with Crippen LogP contribution in [0.2, 0.25) is 0 Å². The van der Waals surface area contributed by atoms with Crippen molar-refractivity contribution in [1.82, 2.24) is 4.90 Å². The van der Waals surface area contributed by atoms with E-state index in [2.05, 4.69) is 5.32 Å². The van der Waals surface area contributed by atoms with Crippen molar-refractivity contribution in [1.29, 1.82) is 0 Å². The number of hydrogen-bond acceptors (Lipinski definition) is 4. The van der Waals surface area contributed by atoms with E-state index in [1.807, 2.05) is 31.2 Å². The van der Waals surface area contributed by atoms with Crippen molar-refractivity contribution in [3.8, 4) is 0 Å². The Morgan fingerprint density at radius 1 is 1.41 bits per heavy atom. The summed E-state index contributed by atoms with van der Waals surface area (Å²) in [6.07, 6.45) is 0. The van der Waals surface area contributed by atoms with Gasteiger partial charge >= 0.3 is 0 Å². The summed E-state index contributed by atoms with van der Waals surface area (Å²) in [5.74, 6) is -0.163. The SMILES string of the molecule is CCN1C(=O)SC(Nc2cccc(C)c2)C1=O. The van der Waals surface area contributed by atoms with E-state index in [9.17, 15) is 9.59 Å². The zero-order chi connectivity index (χ0) is 12.4. The number of rotatable bonds is 3. The fourth-order valence-corrected chi connectivity index (χ4v) is 2.68. The van der Waals surface area contributed by atoms with Crippen molar-refractivity contribution < 1.29 is 9.59 Å². The molecule has 2 amide bonds. The fourth-order valence-electron chi connectivity index (χ4n) is 1.71. The van der Waals surface area contributed by atoms with Crippen LogP contribution in [0.3, 0.4) is 0 Å². The topological polar surface area (TPSA) is 49.4 Å². The summed E-state index contributed by atoms with van der Waals surface area (Å²) < 4.78 is 0. The van der Waals surface area contributed by atoms with Gasteiger partial charge in [0.25, 0.3) is 11.1 Å². The molecule has 1 saturated heterocycles. The van der Waals surface area contributed by atoms with Gasteiger partial charge in [-0.25, -0.2) is 0 Å². The molecular weight excluding hydrogens is 236 g/mol. The zero-order valence-electron chi connectivity index (χ0n) is 9.77. The van der Waals surface area contributed by atoms with Gasteiger partial charge in [-0.15, -0.1) is 0 Å². The first-order valence-corrected chi connectivity index (χ1v) is 6.35. The Kier molecular flexibility index (Phi) is 3.38. The summed E-state index contributed by atoms with van der Waals surface area (Å²) >= 11 is 1.03. The van der Waals surface area contributed by atoms with E-state index in [-0.39, 0.29) is 11.1 Å². The second kappa shape index (κ2) is 4.79. The van der Waals surface area contributed by atoms with E-state index in [4.69, 9.17) is 0 Å². The molecule has 17 heavy (non-hydrogen) atoms. The smallest absolute Gasteiger partial charge is 0.290 e. The molecule has 1 unspecified atom stereocenters. The molecule has 0 radical (unpaired) electrons. The van der Waals surface area contributed by atoms with Gasteiger partial charge in [0.05, 0.1) is 0 Å². The molecule has 90 valence electrons. The van der Waals surface area contributed by atoms with Crippen LogP contribution in [-0.4, -0.2) is 28.0 Å². The van der Waals surface area contributed by atoms with Gasteiger partial charge in [0.15, 0.2) is 5.37 Å². The van der Waals surface area contributed by atoms with Crippen molar-refractivity contribution in [2.24, 2.45) is 0 Å². The number of carbonyl (C=O) groups excluding carboxylic acids is 2. The Morgan fingerprint density at radius 3 is 2.76 bits per heavy atom. The standard InChI is InChI=1S/C12H14N2O2S/c1-3-14-11(15)10(17-12(14)16)13-9-6-4-5-8(2)7-9/h4-7,10,13H,3H2,1-2H3. The average molecular weight is 250 g/mol. The third-order valence-corrected chi connectivity index (χ3v) is 3.54. The number of benzene rings is 1. The first-order chi connectivity index (χ1) is 8.11. The van der Waals surface area contributed by atoms with Crippen LogP contribution < -0.4 is 5.32 Å². The maximum atomic E-state index is 11.9. The molecule has 0 aromatic heterocycles. The Hall–Kier alpha value is -1.49. The van der Waals surface area contributed by atoms with E-state index in [1.165, 1.54) is 4.90 Å². The number of aryl methyl sites for hydroxylation is 1. The van der Waals surface area contributed by atoms with Gasteiger partial charge in [-0.05, 0) is 43.3 Å². The molecule has 0 bridgehead atoms. The van der Waals surface area contributed by atoms with Gasteiger partial charge in [0.2, 0.25) is 0 Å². The summed E-state index contributed by atoms with van der Waals surface area (Å²) in [6, 6.07) is 7.74. The minimum absolute atomic E-state index is 0.163. The zero-order valence-corrected chi connectivity index (χ0v) is 10.6. The summed E-state index contributed by atoms with van der Waals surface area (Å²) in [6.45, 7) is 4.21. The molecule has 1 N–H and O–H groups in total. The normalized spacial score (nSPS) is 19.9. The molecule has 0 aliphatic carbocycles. The number of hydrogen-bond donors (Lipinski definition) is 1. The first kappa shape index (κ1) is 12.0. The monoisotopic (exact) mass is 250 g/mol. The van der Waals surface area contributed by atoms with Gasteiger partial charge < -0.3 is 5.32 Å². The van der Waals surface area contributed by atoms with Crippen LogP contribution in [0, 0.1) is 6.92 Å². The molecular formula is C12H14N2O2S. The van der Waals surface area contributed by atoms with E-state index in [0.29, 0.717) is 6.54 Å². The highest BCUT2D eigenvalue weighted by Crippen LogP contribution is 2.27. The lowest BCUT2D eigenvalue weighted by atomic mass is 10.2. The molecule has 1 aliphatic heterocycles. The predicted octanol–water partition coefficient (Wildman–Crippen LogP) is 2.45. The lowest BCUT2D eigenvalue weighted by Gasteiger charge is -2.13. The molecule has 1 fully saturated rings. The number of likely N-dealkylation sites (N-methyl/N-ethyl adjacent to an activating group) is 1. The lowest BCUT2D eigenvalue weighted by Crippen LogP contribution is -2.34. The van der Waals surface area contributed by atoms with Crippen LogP contribution in [0.4, 0.5) is 10.5 Å². The summed E-state index contributed by atoms with van der Waals surface area (Å²) in [5, 5.41) is 2.40. The molecule has 1 heterocycles. The van der Waals surface area contributed by atoms with Crippen LogP contribution >= 0.6 is 11.8 Å². The number of nitrogens with one attached hydrogen (secondary N) is 1. The predicted molar refractivity (Wildman–Crippen MR) is 69.0 cm³/mol. The Bertz CT molecular complexity index is 462. The molecule has 1 atom stereocenters. The van der Waals surface area contributed by atoms with Gasteiger partial charge in [-0.1, -0.05) is 12.1 Å². The van der Waals surface area contributed by atoms with Crippen LogP contribution in [0.15, 0.2) is 24.3 Å². The van der Waals surface area contributed by atoms with Crippen molar-refractivity contribution >= 4 is 28.6 Å². The van der Waals surface area contributed by atoms with Crippen LogP contribution in [-0.2, 0) is 4.79 Å². The lowest BCUT2D eigenvalue weighted by molar-refractivity contribution is -0.126. The molecule has 1 aromatic carbocycles. The first-order valence-electron chi connectivity index (χ1n) is 5.47. The Labute approximate surface area is 104 Å². The molecule has 5 heteroatoms. The summed E-state index contributed by atoms with van der Waals surface area (Å²) in [5.41, 5.74) is 1.98. The quantitative estimate of drug-likeness (QED) is 0.895. The number of imide groups is 1. The summed E-state index contributed by atoms with van der Waals surface area (Å²) in [4.78, 5) is 24.6. The number of nitrogens with zero attached hydrogens (tertiary/aromatic N) is 1. The third-order valence-electron chi connectivity index (χ3n) is 2.56. The van der Waals surface area contributed by atoms with Gasteiger partial charge in [0, 0.05) is 12.2 Å². The number of amides is 2. The highest BCUT2D eigenvalue weighted by molar-refractivity contribution is 8.15. The van der Waals surface area contributed by atoms with Crippen LogP contribution in [0.5, 0.6) is 0 Å². The third kappa shape index (κ3) is 2.44. The Morgan fingerprint density at radius 2 is 2.18 bits per heavy atom. The Balaban J connectivity index is 2.11. The minimum Gasteiger partial charge on any atom is -0.365 e. The molecule has 1 aliphatic rings. The van der Waals surface area contributed by atoms with Crippen molar-refractivity contribution in [3.63, 3.8) is 0 Å². The van der Waals surface area contributed by atoms with Crippen LogP contribution in [0.1, 0.15) is 12.5 Å². The van der Waals surface area contributed by atoms with E-state index >= 15 is 0 Å². The van der Waals surface area contributed by atoms with Crippen molar-refractivity contribution in [2.75, 3.05) is 11.9 Å². The minimum atomic E-state index is -0.496. The van der Waals surface area contributed by atoms with Gasteiger partial charge in [-0.2, -0.15) is 0 Å². The highest BCUT2D eigenvalue weighted by atomic mass is 32.2. The van der Waals surface area contributed by atoms with E-state index < -0.39 is 5.37 Å². The van der Waals surface area contributed by atoms with Crippen molar-refractivity contribution in [3.05, 3.63) is 29.8 Å². The molecule has 1 aromatic rings. The molecule has 0 spiro atoms. The molecule has 2 rings (SSSR count). The molecule has 0 saturated carbocycles. The number of thioether (sulfide) groups is 1. The largest absolute Gasteiger partial charge is 0.365 e. The molecule has 4 nitrogen and oxygen atoms in total. The van der Waals surface area contributed by atoms with Gasteiger partial charge in [0.1, 0.15) is 0 Å².